The summed E-state index contributed by atoms with van der Waals surface area (Å²) in [5.41, 5.74) is 4.85. The van der Waals surface area contributed by atoms with E-state index in [1.165, 1.54) is 16.8 Å². The molecule has 3 rings (SSSR count). The van der Waals surface area contributed by atoms with Crippen molar-refractivity contribution in [2.24, 2.45) is 0 Å². The van der Waals surface area contributed by atoms with E-state index < -0.39 is 0 Å². The standard InChI is InChI=1S/C21H26N2O/c1-3-22(19-11-6-8-17(2)16-19)15-13-21(24)23-14-7-10-18-9-4-5-12-20(18)23/h4-6,8-9,11-12,16H,3,7,10,13-15H2,1-2H3. The highest BCUT2D eigenvalue weighted by Crippen LogP contribution is 2.27. The number of anilines is 2. The fraction of sp³-hybridized carbons (Fsp3) is 0.381. The van der Waals surface area contributed by atoms with Crippen molar-refractivity contribution in [3.63, 3.8) is 0 Å². The topological polar surface area (TPSA) is 23.6 Å². The SMILES string of the molecule is CCN(CCC(=O)N1CCCc2ccccc21)c1cccc(C)c1. The van der Waals surface area contributed by atoms with E-state index in [9.17, 15) is 4.79 Å². The smallest absolute Gasteiger partial charge is 0.228 e. The van der Waals surface area contributed by atoms with E-state index in [-0.39, 0.29) is 5.91 Å². The lowest BCUT2D eigenvalue weighted by Crippen LogP contribution is -2.37. The van der Waals surface area contributed by atoms with Gasteiger partial charge in [-0.3, -0.25) is 4.79 Å². The van der Waals surface area contributed by atoms with Crippen LogP contribution in [0, 0.1) is 6.92 Å². The average molecular weight is 322 g/mol. The molecule has 0 spiro atoms. The highest BCUT2D eigenvalue weighted by molar-refractivity contribution is 5.94. The zero-order chi connectivity index (χ0) is 16.9. The van der Waals surface area contributed by atoms with E-state index in [1.54, 1.807) is 0 Å². The minimum absolute atomic E-state index is 0.230. The molecular formula is C21H26N2O. The first-order valence-electron chi connectivity index (χ1n) is 8.89. The maximum absolute atomic E-state index is 12.8. The van der Waals surface area contributed by atoms with Crippen LogP contribution in [0.1, 0.15) is 30.9 Å². The maximum atomic E-state index is 12.8. The molecule has 1 aliphatic rings. The molecule has 0 radical (unpaired) electrons. The van der Waals surface area contributed by atoms with E-state index >= 15 is 0 Å². The number of aryl methyl sites for hydroxylation is 2. The van der Waals surface area contributed by atoms with Crippen molar-refractivity contribution in [2.75, 3.05) is 29.4 Å². The predicted molar refractivity (Wildman–Crippen MR) is 101 cm³/mol. The van der Waals surface area contributed by atoms with Crippen LogP contribution in [0.2, 0.25) is 0 Å². The summed E-state index contributed by atoms with van der Waals surface area (Å²) in [7, 11) is 0. The predicted octanol–water partition coefficient (Wildman–Crippen LogP) is 4.19. The minimum Gasteiger partial charge on any atom is -0.371 e. The Bertz CT molecular complexity index is 710. The van der Waals surface area contributed by atoms with Crippen LogP contribution in [-0.2, 0) is 11.2 Å². The number of nitrogens with zero attached hydrogens (tertiary/aromatic N) is 2. The van der Waals surface area contributed by atoms with Gasteiger partial charge in [0.1, 0.15) is 0 Å². The number of carbonyl (C=O) groups is 1. The third kappa shape index (κ3) is 3.61. The van der Waals surface area contributed by atoms with Crippen molar-refractivity contribution in [2.45, 2.75) is 33.1 Å². The van der Waals surface area contributed by atoms with Gasteiger partial charge in [0.15, 0.2) is 0 Å². The van der Waals surface area contributed by atoms with E-state index in [1.807, 2.05) is 11.0 Å². The molecule has 0 saturated carbocycles. The van der Waals surface area contributed by atoms with Crippen LogP contribution >= 0.6 is 0 Å². The van der Waals surface area contributed by atoms with Crippen LogP contribution < -0.4 is 9.80 Å². The number of benzene rings is 2. The molecule has 0 fully saturated rings. The first-order valence-corrected chi connectivity index (χ1v) is 8.89. The normalized spacial score (nSPS) is 13.5. The first kappa shape index (κ1) is 16.6. The van der Waals surface area contributed by atoms with Crippen molar-refractivity contribution >= 4 is 17.3 Å². The molecule has 126 valence electrons. The summed E-state index contributed by atoms with van der Waals surface area (Å²) in [6.45, 7) is 6.76. The number of para-hydroxylation sites is 1. The molecule has 1 amide bonds. The fourth-order valence-corrected chi connectivity index (χ4v) is 3.45. The molecule has 1 aliphatic heterocycles. The zero-order valence-corrected chi connectivity index (χ0v) is 14.7. The van der Waals surface area contributed by atoms with Crippen molar-refractivity contribution in [1.82, 2.24) is 0 Å². The van der Waals surface area contributed by atoms with E-state index in [0.29, 0.717) is 6.42 Å². The molecule has 0 aromatic heterocycles. The van der Waals surface area contributed by atoms with Gasteiger partial charge >= 0.3 is 0 Å². The summed E-state index contributed by atoms with van der Waals surface area (Å²) >= 11 is 0. The second kappa shape index (κ2) is 7.52. The Morgan fingerprint density at radius 3 is 2.79 bits per heavy atom. The van der Waals surface area contributed by atoms with Crippen molar-refractivity contribution < 1.29 is 4.79 Å². The summed E-state index contributed by atoms with van der Waals surface area (Å²) in [5.74, 6) is 0.230. The van der Waals surface area contributed by atoms with Crippen LogP contribution in [0.3, 0.4) is 0 Å². The van der Waals surface area contributed by atoms with Crippen LogP contribution in [-0.4, -0.2) is 25.5 Å². The Balaban J connectivity index is 1.67. The molecule has 2 aromatic rings. The lowest BCUT2D eigenvalue weighted by molar-refractivity contribution is -0.118. The van der Waals surface area contributed by atoms with Gasteiger partial charge in [-0.05, 0) is 56.0 Å². The number of hydrogen-bond donors (Lipinski definition) is 0. The first-order chi connectivity index (χ1) is 11.7. The van der Waals surface area contributed by atoms with Crippen molar-refractivity contribution in [3.8, 4) is 0 Å². The van der Waals surface area contributed by atoms with Crippen LogP contribution in [0.15, 0.2) is 48.5 Å². The third-order valence-corrected chi connectivity index (χ3v) is 4.76. The molecule has 0 saturated heterocycles. The lowest BCUT2D eigenvalue weighted by atomic mass is 10.0. The molecule has 2 aromatic carbocycles. The van der Waals surface area contributed by atoms with Gasteiger partial charge in [0, 0.05) is 37.4 Å². The van der Waals surface area contributed by atoms with Crippen LogP contribution in [0.25, 0.3) is 0 Å². The van der Waals surface area contributed by atoms with E-state index in [0.717, 1.165) is 38.2 Å². The van der Waals surface area contributed by atoms with Crippen LogP contribution in [0.4, 0.5) is 11.4 Å². The zero-order valence-electron chi connectivity index (χ0n) is 14.7. The lowest BCUT2D eigenvalue weighted by Gasteiger charge is -2.31. The molecule has 0 aliphatic carbocycles. The number of amides is 1. The van der Waals surface area contributed by atoms with Crippen molar-refractivity contribution in [3.05, 3.63) is 59.7 Å². The minimum atomic E-state index is 0.230. The molecule has 0 N–H and O–H groups in total. The van der Waals surface area contributed by atoms with Gasteiger partial charge in [-0.2, -0.15) is 0 Å². The molecule has 24 heavy (non-hydrogen) atoms. The molecule has 1 heterocycles. The monoisotopic (exact) mass is 322 g/mol. The van der Waals surface area contributed by atoms with Crippen molar-refractivity contribution in [1.29, 1.82) is 0 Å². The van der Waals surface area contributed by atoms with Gasteiger partial charge in [-0.25, -0.2) is 0 Å². The van der Waals surface area contributed by atoms with Gasteiger partial charge in [0.25, 0.3) is 0 Å². The average Bonchev–Trinajstić information content (AvgIpc) is 2.61. The second-order valence-corrected chi connectivity index (χ2v) is 6.45. The Morgan fingerprint density at radius 2 is 2.00 bits per heavy atom. The van der Waals surface area contributed by atoms with Gasteiger partial charge in [-0.15, -0.1) is 0 Å². The van der Waals surface area contributed by atoms with Crippen LogP contribution in [0.5, 0.6) is 0 Å². The molecule has 0 unspecified atom stereocenters. The molecule has 3 nitrogen and oxygen atoms in total. The number of fused-ring (bicyclic) bond motifs is 1. The quantitative estimate of drug-likeness (QED) is 0.824. The summed E-state index contributed by atoms with van der Waals surface area (Å²) in [6, 6.07) is 16.8. The summed E-state index contributed by atoms with van der Waals surface area (Å²) in [5, 5.41) is 0. The number of carbonyl (C=O) groups excluding carboxylic acids is 1. The largest absolute Gasteiger partial charge is 0.371 e. The Kier molecular flexibility index (Phi) is 5.19. The third-order valence-electron chi connectivity index (χ3n) is 4.76. The number of rotatable bonds is 5. The Labute approximate surface area is 144 Å². The summed E-state index contributed by atoms with van der Waals surface area (Å²) in [4.78, 5) is 17.0. The van der Waals surface area contributed by atoms with Gasteiger partial charge in [-0.1, -0.05) is 30.3 Å². The summed E-state index contributed by atoms with van der Waals surface area (Å²) in [6.07, 6.45) is 2.68. The molecule has 0 bridgehead atoms. The molecule has 3 heteroatoms. The van der Waals surface area contributed by atoms with Gasteiger partial charge in [0.05, 0.1) is 0 Å². The van der Waals surface area contributed by atoms with E-state index in [2.05, 4.69) is 61.2 Å². The molecule has 0 atom stereocenters. The molecular weight excluding hydrogens is 296 g/mol. The number of hydrogen-bond acceptors (Lipinski definition) is 2. The van der Waals surface area contributed by atoms with E-state index in [4.69, 9.17) is 0 Å². The second-order valence-electron chi connectivity index (χ2n) is 6.45. The highest BCUT2D eigenvalue weighted by atomic mass is 16.2. The van der Waals surface area contributed by atoms with Gasteiger partial charge in [0.2, 0.25) is 5.91 Å². The highest BCUT2D eigenvalue weighted by Gasteiger charge is 2.22. The van der Waals surface area contributed by atoms with Gasteiger partial charge < -0.3 is 9.80 Å². The fourth-order valence-electron chi connectivity index (χ4n) is 3.45. The maximum Gasteiger partial charge on any atom is 0.228 e. The Hall–Kier alpha value is -2.29. The Morgan fingerprint density at radius 1 is 1.17 bits per heavy atom. The summed E-state index contributed by atoms with van der Waals surface area (Å²) < 4.78 is 0.